The van der Waals surface area contributed by atoms with Gasteiger partial charge in [-0.25, -0.2) is 9.78 Å². The van der Waals surface area contributed by atoms with Crippen LogP contribution >= 0.6 is 0 Å². The maximum absolute atomic E-state index is 12.4. The first-order valence-corrected chi connectivity index (χ1v) is 7.34. The van der Waals surface area contributed by atoms with Gasteiger partial charge in [-0.1, -0.05) is 29.8 Å². The molecule has 2 aromatic heterocycles. The summed E-state index contributed by atoms with van der Waals surface area (Å²) in [5.41, 5.74) is 1.92. The van der Waals surface area contributed by atoms with Crippen molar-refractivity contribution in [2.75, 3.05) is 7.11 Å². The Hall–Kier alpha value is -2.82. The number of carbonyl (C=O) groups is 1. The summed E-state index contributed by atoms with van der Waals surface area (Å²) in [7, 11) is 1.39. The van der Waals surface area contributed by atoms with Crippen molar-refractivity contribution in [3.63, 3.8) is 0 Å². The fraction of sp³-hybridized carbons (Fsp3) is 0.222. The van der Waals surface area contributed by atoms with E-state index < -0.39 is 6.04 Å². The van der Waals surface area contributed by atoms with Gasteiger partial charge in [0.05, 0.1) is 7.11 Å². The molecule has 1 unspecified atom stereocenters. The fourth-order valence-corrected chi connectivity index (χ4v) is 2.63. The Labute approximate surface area is 134 Å². The second-order valence-electron chi connectivity index (χ2n) is 5.41. The van der Waals surface area contributed by atoms with Gasteiger partial charge in [0.2, 0.25) is 0 Å². The van der Waals surface area contributed by atoms with Crippen LogP contribution in [0, 0.1) is 13.8 Å². The van der Waals surface area contributed by atoms with Crippen molar-refractivity contribution in [2.24, 2.45) is 0 Å². The summed E-state index contributed by atoms with van der Waals surface area (Å²) < 4.78 is 12.4. The van der Waals surface area contributed by atoms with E-state index in [9.17, 15) is 4.79 Å². The van der Waals surface area contributed by atoms with E-state index in [1.165, 1.54) is 7.11 Å². The number of hydrogen-bond acceptors (Lipinski definition) is 4. The first kappa shape index (κ1) is 15.1. The Bertz CT molecular complexity index is 832. The molecule has 0 radical (unpaired) electrons. The summed E-state index contributed by atoms with van der Waals surface area (Å²) in [5.74, 6) is 1.65. The summed E-state index contributed by atoms with van der Waals surface area (Å²) in [6.07, 6.45) is 3.41. The SMILES string of the molecule is COC(=O)C(c1cccc(C)c1)n1ccnc1-c1ccc(C)o1. The van der Waals surface area contributed by atoms with Crippen LogP contribution in [0.2, 0.25) is 0 Å². The minimum Gasteiger partial charge on any atom is -0.467 e. The summed E-state index contributed by atoms with van der Waals surface area (Å²) in [6, 6.07) is 10.9. The lowest BCUT2D eigenvalue weighted by molar-refractivity contribution is -0.143. The molecule has 0 aliphatic rings. The molecular formula is C18H18N2O3. The number of aryl methyl sites for hydroxylation is 2. The van der Waals surface area contributed by atoms with Gasteiger partial charge in [-0.2, -0.15) is 0 Å². The first-order valence-electron chi connectivity index (χ1n) is 7.34. The molecule has 0 aliphatic heterocycles. The van der Waals surface area contributed by atoms with E-state index in [0.29, 0.717) is 11.6 Å². The van der Waals surface area contributed by atoms with Gasteiger partial charge in [0.15, 0.2) is 17.6 Å². The lowest BCUT2D eigenvalue weighted by atomic mass is 10.0. The molecule has 3 aromatic rings. The third-order valence-corrected chi connectivity index (χ3v) is 3.69. The molecule has 1 aromatic carbocycles. The number of aromatic nitrogens is 2. The smallest absolute Gasteiger partial charge is 0.333 e. The quantitative estimate of drug-likeness (QED) is 0.692. The molecule has 0 saturated heterocycles. The third kappa shape index (κ3) is 2.90. The maximum atomic E-state index is 12.4. The summed E-state index contributed by atoms with van der Waals surface area (Å²) in [5, 5.41) is 0. The number of imidazole rings is 1. The minimum atomic E-state index is -0.609. The number of ether oxygens (including phenoxy) is 1. The Morgan fingerprint density at radius 1 is 1.26 bits per heavy atom. The number of esters is 1. The average molecular weight is 310 g/mol. The van der Waals surface area contributed by atoms with Crippen molar-refractivity contribution in [1.29, 1.82) is 0 Å². The number of nitrogens with zero attached hydrogens (tertiary/aromatic N) is 2. The van der Waals surface area contributed by atoms with Gasteiger partial charge in [-0.05, 0) is 31.5 Å². The summed E-state index contributed by atoms with van der Waals surface area (Å²) in [4.78, 5) is 16.8. The van der Waals surface area contributed by atoms with Crippen LogP contribution in [0.4, 0.5) is 0 Å². The molecule has 23 heavy (non-hydrogen) atoms. The topological polar surface area (TPSA) is 57.3 Å². The highest BCUT2D eigenvalue weighted by Crippen LogP contribution is 2.28. The van der Waals surface area contributed by atoms with E-state index in [-0.39, 0.29) is 5.97 Å². The second kappa shape index (κ2) is 6.12. The number of methoxy groups -OCH3 is 1. The van der Waals surface area contributed by atoms with Crippen LogP contribution in [0.25, 0.3) is 11.6 Å². The predicted octanol–water partition coefficient (Wildman–Crippen LogP) is 3.52. The molecule has 0 aliphatic carbocycles. The van der Waals surface area contributed by atoms with Gasteiger partial charge in [-0.15, -0.1) is 0 Å². The molecule has 0 amide bonds. The van der Waals surface area contributed by atoms with Crippen LogP contribution in [0.5, 0.6) is 0 Å². The number of rotatable bonds is 4. The highest BCUT2D eigenvalue weighted by atomic mass is 16.5. The Kier molecular flexibility index (Phi) is 4.02. The van der Waals surface area contributed by atoms with Crippen molar-refractivity contribution < 1.29 is 13.9 Å². The van der Waals surface area contributed by atoms with E-state index >= 15 is 0 Å². The van der Waals surface area contributed by atoms with Gasteiger partial charge in [0.1, 0.15) is 5.76 Å². The molecule has 0 saturated carbocycles. The van der Waals surface area contributed by atoms with Crippen LogP contribution in [0.1, 0.15) is 22.9 Å². The molecule has 2 heterocycles. The fourth-order valence-electron chi connectivity index (χ4n) is 2.63. The van der Waals surface area contributed by atoms with Crippen molar-refractivity contribution in [3.8, 4) is 11.6 Å². The maximum Gasteiger partial charge on any atom is 0.333 e. The zero-order chi connectivity index (χ0) is 16.4. The zero-order valence-corrected chi connectivity index (χ0v) is 13.3. The normalized spacial score (nSPS) is 12.1. The van der Waals surface area contributed by atoms with Crippen molar-refractivity contribution >= 4 is 5.97 Å². The van der Waals surface area contributed by atoms with Crippen molar-refractivity contribution in [1.82, 2.24) is 9.55 Å². The molecule has 3 rings (SSSR count). The molecule has 5 nitrogen and oxygen atoms in total. The molecule has 1 atom stereocenters. The lowest BCUT2D eigenvalue weighted by Crippen LogP contribution is -2.22. The van der Waals surface area contributed by atoms with Crippen LogP contribution in [0.15, 0.2) is 53.2 Å². The Morgan fingerprint density at radius 3 is 2.74 bits per heavy atom. The molecule has 0 fully saturated rings. The molecule has 0 N–H and O–H groups in total. The lowest BCUT2D eigenvalue weighted by Gasteiger charge is -2.19. The van der Waals surface area contributed by atoms with Crippen LogP contribution < -0.4 is 0 Å². The van der Waals surface area contributed by atoms with Crippen molar-refractivity contribution in [3.05, 3.63) is 65.7 Å². The van der Waals surface area contributed by atoms with Gasteiger partial charge < -0.3 is 13.7 Å². The predicted molar refractivity (Wildman–Crippen MR) is 86.0 cm³/mol. The summed E-state index contributed by atoms with van der Waals surface area (Å²) in [6.45, 7) is 3.86. The van der Waals surface area contributed by atoms with Gasteiger partial charge >= 0.3 is 5.97 Å². The van der Waals surface area contributed by atoms with Gasteiger partial charge in [0, 0.05) is 12.4 Å². The molecule has 0 bridgehead atoms. The van der Waals surface area contributed by atoms with E-state index in [2.05, 4.69) is 4.98 Å². The third-order valence-electron chi connectivity index (χ3n) is 3.69. The van der Waals surface area contributed by atoms with E-state index in [0.717, 1.165) is 16.9 Å². The van der Waals surface area contributed by atoms with Gasteiger partial charge in [-0.3, -0.25) is 0 Å². The molecular weight excluding hydrogens is 292 g/mol. The molecule has 118 valence electrons. The van der Waals surface area contributed by atoms with E-state index in [1.54, 1.807) is 17.0 Å². The Balaban J connectivity index is 2.12. The monoisotopic (exact) mass is 310 g/mol. The average Bonchev–Trinajstić information content (AvgIpc) is 3.16. The van der Waals surface area contributed by atoms with Crippen LogP contribution in [-0.4, -0.2) is 22.6 Å². The van der Waals surface area contributed by atoms with E-state index in [1.807, 2.05) is 50.2 Å². The number of furan rings is 1. The first-order chi connectivity index (χ1) is 11.1. The standard InChI is InChI=1S/C18H18N2O3/c1-12-5-4-6-14(11-12)16(18(21)22-3)20-10-9-19-17(20)15-8-7-13(2)23-15/h4-11,16H,1-3H3. The van der Waals surface area contributed by atoms with Crippen LogP contribution in [-0.2, 0) is 9.53 Å². The zero-order valence-electron chi connectivity index (χ0n) is 13.3. The minimum absolute atomic E-state index is 0.349. The van der Waals surface area contributed by atoms with Crippen LogP contribution in [0.3, 0.4) is 0 Å². The van der Waals surface area contributed by atoms with E-state index in [4.69, 9.17) is 9.15 Å². The number of carbonyl (C=O) groups excluding carboxylic acids is 1. The largest absolute Gasteiger partial charge is 0.467 e. The van der Waals surface area contributed by atoms with Gasteiger partial charge in [0.25, 0.3) is 0 Å². The molecule has 0 spiro atoms. The highest BCUT2D eigenvalue weighted by Gasteiger charge is 2.27. The number of hydrogen-bond donors (Lipinski definition) is 0. The number of benzene rings is 1. The highest BCUT2D eigenvalue weighted by molar-refractivity contribution is 5.79. The molecule has 5 heteroatoms. The Morgan fingerprint density at radius 2 is 2.09 bits per heavy atom. The second-order valence-corrected chi connectivity index (χ2v) is 5.41. The summed E-state index contributed by atoms with van der Waals surface area (Å²) >= 11 is 0. The van der Waals surface area contributed by atoms with Crippen molar-refractivity contribution in [2.45, 2.75) is 19.9 Å².